The number of carbonyl (C=O) groups excluding carboxylic acids is 2. The van der Waals surface area contributed by atoms with Gasteiger partial charge in [-0.05, 0) is 48.2 Å². The highest BCUT2D eigenvalue weighted by atomic mass is 35.5. The average Bonchev–Trinajstić information content (AvgIpc) is 2.80. The van der Waals surface area contributed by atoms with Crippen LogP contribution in [0.4, 0.5) is 5.69 Å². The van der Waals surface area contributed by atoms with Gasteiger partial charge in [-0.2, -0.15) is 5.10 Å². The Kier molecular flexibility index (Phi) is 7.57. The lowest BCUT2D eigenvalue weighted by Gasteiger charge is -2.09. The van der Waals surface area contributed by atoms with E-state index in [0.717, 1.165) is 22.3 Å². The zero-order valence-corrected chi connectivity index (χ0v) is 18.2. The Bertz CT molecular complexity index is 1090. The summed E-state index contributed by atoms with van der Waals surface area (Å²) in [5.41, 5.74) is 7.80. The Morgan fingerprint density at radius 2 is 1.48 bits per heavy atom. The van der Waals surface area contributed by atoms with Gasteiger partial charge in [0.25, 0.3) is 0 Å². The number of amides is 2. The van der Waals surface area contributed by atoms with Gasteiger partial charge in [-0.15, -0.1) is 0 Å². The molecule has 6 heteroatoms. The van der Waals surface area contributed by atoms with Crippen molar-refractivity contribution in [2.45, 2.75) is 26.7 Å². The highest BCUT2D eigenvalue weighted by Crippen LogP contribution is 2.23. The Hall–Kier alpha value is -3.44. The van der Waals surface area contributed by atoms with Crippen LogP contribution in [0.15, 0.2) is 77.9 Å². The van der Waals surface area contributed by atoms with Crippen LogP contribution < -0.4 is 10.7 Å². The van der Waals surface area contributed by atoms with Crippen LogP contribution >= 0.6 is 11.6 Å². The second-order valence-electron chi connectivity index (χ2n) is 7.14. The van der Waals surface area contributed by atoms with Gasteiger partial charge in [0.1, 0.15) is 0 Å². The van der Waals surface area contributed by atoms with Crippen molar-refractivity contribution in [2.75, 3.05) is 5.32 Å². The van der Waals surface area contributed by atoms with Crippen molar-refractivity contribution in [1.29, 1.82) is 0 Å². The molecule has 0 aromatic heterocycles. The summed E-state index contributed by atoms with van der Waals surface area (Å²) in [6.07, 6.45) is 0.0906. The molecular weight excluding hydrogens is 410 g/mol. The van der Waals surface area contributed by atoms with Crippen molar-refractivity contribution in [3.05, 3.63) is 88.9 Å². The van der Waals surface area contributed by atoms with Gasteiger partial charge < -0.3 is 5.32 Å². The topological polar surface area (TPSA) is 70.6 Å². The summed E-state index contributed by atoms with van der Waals surface area (Å²) < 4.78 is 0. The van der Waals surface area contributed by atoms with E-state index in [1.165, 1.54) is 0 Å². The fourth-order valence-corrected chi connectivity index (χ4v) is 3.16. The summed E-state index contributed by atoms with van der Waals surface area (Å²) >= 11 is 6.06. The number of benzene rings is 3. The predicted molar refractivity (Wildman–Crippen MR) is 126 cm³/mol. The van der Waals surface area contributed by atoms with Gasteiger partial charge in [0.2, 0.25) is 11.8 Å². The van der Waals surface area contributed by atoms with Gasteiger partial charge in [-0.1, -0.05) is 72.3 Å². The van der Waals surface area contributed by atoms with Crippen LogP contribution in [0.1, 0.15) is 30.9 Å². The lowest BCUT2D eigenvalue weighted by atomic mass is 10.0. The normalized spacial score (nSPS) is 11.1. The third-order valence-corrected chi connectivity index (χ3v) is 5.29. The molecule has 2 N–H and O–H groups in total. The summed E-state index contributed by atoms with van der Waals surface area (Å²) in [6, 6.07) is 23.4. The Balaban J connectivity index is 1.50. The van der Waals surface area contributed by atoms with E-state index in [4.69, 9.17) is 11.6 Å². The summed E-state index contributed by atoms with van der Waals surface area (Å²) in [7, 11) is 0. The molecule has 158 valence electrons. The molecule has 0 aliphatic heterocycles. The monoisotopic (exact) mass is 433 g/mol. The van der Waals surface area contributed by atoms with Crippen molar-refractivity contribution >= 4 is 34.8 Å². The van der Waals surface area contributed by atoms with Crippen molar-refractivity contribution < 1.29 is 9.59 Å². The molecule has 31 heavy (non-hydrogen) atoms. The minimum absolute atomic E-state index is 0.0369. The molecule has 3 aromatic rings. The van der Waals surface area contributed by atoms with Crippen LogP contribution in [0.2, 0.25) is 5.02 Å². The summed E-state index contributed by atoms with van der Waals surface area (Å²) in [5, 5.41) is 7.51. The molecule has 0 saturated carbocycles. The second-order valence-corrected chi connectivity index (χ2v) is 7.54. The molecule has 0 spiro atoms. The maximum absolute atomic E-state index is 12.1. The molecule has 0 fully saturated rings. The third kappa shape index (κ3) is 6.27. The predicted octanol–water partition coefficient (Wildman–Crippen LogP) is 5.57. The molecule has 3 aromatic carbocycles. The van der Waals surface area contributed by atoms with E-state index in [1.54, 1.807) is 18.2 Å². The van der Waals surface area contributed by atoms with Crippen molar-refractivity contribution in [1.82, 2.24) is 5.43 Å². The molecule has 0 unspecified atom stereocenters. The number of hydrogen-bond donors (Lipinski definition) is 2. The van der Waals surface area contributed by atoms with Crippen LogP contribution in [-0.2, 0) is 9.59 Å². The molecule has 2 amide bonds. The molecule has 0 saturated heterocycles. The molecule has 0 heterocycles. The summed E-state index contributed by atoms with van der Waals surface area (Å²) in [4.78, 5) is 24.2. The van der Waals surface area contributed by atoms with Gasteiger partial charge in [-0.3, -0.25) is 9.59 Å². The molecule has 0 aliphatic rings. The average molecular weight is 434 g/mol. The van der Waals surface area contributed by atoms with Gasteiger partial charge in [0.05, 0.1) is 5.71 Å². The van der Waals surface area contributed by atoms with E-state index >= 15 is 0 Å². The van der Waals surface area contributed by atoms with Crippen molar-refractivity contribution in [2.24, 2.45) is 5.10 Å². The van der Waals surface area contributed by atoms with E-state index in [-0.39, 0.29) is 24.7 Å². The van der Waals surface area contributed by atoms with Crippen LogP contribution in [0.25, 0.3) is 11.1 Å². The fourth-order valence-electron chi connectivity index (χ4n) is 2.98. The molecule has 0 radical (unpaired) electrons. The Morgan fingerprint density at radius 1 is 0.839 bits per heavy atom. The van der Waals surface area contributed by atoms with E-state index in [9.17, 15) is 9.59 Å². The standard InChI is InChI=1S/C25H24ClN3O2/c1-17-22(26)9-6-10-23(17)27-24(30)15-16-25(31)29-28-18(2)19-11-13-21(14-12-19)20-7-4-3-5-8-20/h3-14H,15-16H2,1-2H3,(H,27,30)(H,29,31)/b28-18-. The summed E-state index contributed by atoms with van der Waals surface area (Å²) in [5.74, 6) is -0.573. The lowest BCUT2D eigenvalue weighted by molar-refractivity contribution is -0.124. The molecule has 0 aliphatic carbocycles. The highest BCUT2D eigenvalue weighted by molar-refractivity contribution is 6.31. The van der Waals surface area contributed by atoms with E-state index < -0.39 is 0 Å². The zero-order chi connectivity index (χ0) is 22.2. The molecule has 0 atom stereocenters. The van der Waals surface area contributed by atoms with E-state index in [0.29, 0.717) is 16.4 Å². The van der Waals surface area contributed by atoms with Gasteiger partial charge in [0, 0.05) is 23.6 Å². The minimum atomic E-state index is -0.321. The zero-order valence-electron chi connectivity index (χ0n) is 17.5. The fraction of sp³-hybridized carbons (Fsp3) is 0.160. The smallest absolute Gasteiger partial charge is 0.240 e. The van der Waals surface area contributed by atoms with E-state index in [2.05, 4.69) is 28.0 Å². The number of nitrogens with zero attached hydrogens (tertiary/aromatic N) is 1. The molecular formula is C25H24ClN3O2. The first kappa shape index (κ1) is 22.2. The number of anilines is 1. The first-order chi connectivity index (χ1) is 14.9. The quantitative estimate of drug-likeness (QED) is 0.377. The number of nitrogens with one attached hydrogen (secondary N) is 2. The maximum atomic E-state index is 12.1. The minimum Gasteiger partial charge on any atom is -0.326 e. The molecule has 5 nitrogen and oxygen atoms in total. The SMILES string of the molecule is C/C(=N/NC(=O)CCC(=O)Nc1cccc(Cl)c1C)c1ccc(-c2ccccc2)cc1. The number of hydrazone groups is 1. The van der Waals surface area contributed by atoms with Crippen molar-refractivity contribution in [3.63, 3.8) is 0 Å². The number of rotatable bonds is 7. The second kappa shape index (κ2) is 10.5. The van der Waals surface area contributed by atoms with Crippen LogP contribution in [0.5, 0.6) is 0 Å². The van der Waals surface area contributed by atoms with Crippen LogP contribution in [0.3, 0.4) is 0 Å². The van der Waals surface area contributed by atoms with Crippen LogP contribution in [0, 0.1) is 6.92 Å². The van der Waals surface area contributed by atoms with Crippen LogP contribution in [-0.4, -0.2) is 17.5 Å². The van der Waals surface area contributed by atoms with Gasteiger partial charge in [0.15, 0.2) is 0 Å². The Labute approximate surface area is 187 Å². The first-order valence-corrected chi connectivity index (χ1v) is 10.4. The van der Waals surface area contributed by atoms with Crippen molar-refractivity contribution in [3.8, 4) is 11.1 Å². The highest BCUT2D eigenvalue weighted by Gasteiger charge is 2.09. The first-order valence-electron chi connectivity index (χ1n) is 9.98. The van der Waals surface area contributed by atoms with Gasteiger partial charge in [-0.25, -0.2) is 5.43 Å². The maximum Gasteiger partial charge on any atom is 0.240 e. The summed E-state index contributed by atoms with van der Waals surface area (Å²) in [6.45, 7) is 3.65. The largest absolute Gasteiger partial charge is 0.326 e. The Morgan fingerprint density at radius 3 is 2.19 bits per heavy atom. The van der Waals surface area contributed by atoms with E-state index in [1.807, 2.05) is 56.3 Å². The number of halogens is 1. The van der Waals surface area contributed by atoms with Gasteiger partial charge >= 0.3 is 0 Å². The number of hydrogen-bond acceptors (Lipinski definition) is 3. The number of carbonyl (C=O) groups is 2. The third-order valence-electron chi connectivity index (χ3n) is 4.88. The molecule has 0 bridgehead atoms. The lowest BCUT2D eigenvalue weighted by Crippen LogP contribution is -2.22. The molecule has 3 rings (SSSR count).